The SMILES string of the molecule is CCC1CN(C)CCCN1CC(=O)c1cc([N+](=O)[O-])c[nH]1. The number of H-pyrrole nitrogens is 1. The minimum atomic E-state index is -0.497. The van der Waals surface area contributed by atoms with Crippen LogP contribution in [0.1, 0.15) is 30.3 Å². The normalized spacial score (nSPS) is 21.1. The van der Waals surface area contributed by atoms with Crippen LogP contribution < -0.4 is 0 Å². The molecule has 1 aromatic rings. The summed E-state index contributed by atoms with van der Waals surface area (Å²) in [5.41, 5.74) is 0.246. The minimum absolute atomic E-state index is 0.0685. The Morgan fingerprint density at radius 1 is 1.52 bits per heavy atom. The maximum absolute atomic E-state index is 12.3. The van der Waals surface area contributed by atoms with Crippen LogP contribution in [0, 0.1) is 10.1 Å². The molecule has 0 amide bonds. The molecule has 1 N–H and O–H groups in total. The van der Waals surface area contributed by atoms with Crippen LogP contribution >= 0.6 is 0 Å². The summed E-state index contributed by atoms with van der Waals surface area (Å²) in [5, 5.41) is 10.7. The van der Waals surface area contributed by atoms with Gasteiger partial charge >= 0.3 is 0 Å². The molecule has 1 aliphatic rings. The van der Waals surface area contributed by atoms with E-state index in [2.05, 4.69) is 28.8 Å². The van der Waals surface area contributed by atoms with Crippen LogP contribution in [-0.2, 0) is 0 Å². The third kappa shape index (κ3) is 3.89. The van der Waals surface area contributed by atoms with Gasteiger partial charge in [0.1, 0.15) is 0 Å². The summed E-state index contributed by atoms with van der Waals surface area (Å²) < 4.78 is 0. The summed E-state index contributed by atoms with van der Waals surface area (Å²) in [4.78, 5) is 29.7. The van der Waals surface area contributed by atoms with Crippen molar-refractivity contribution >= 4 is 11.5 Å². The predicted octanol–water partition coefficient (Wildman–Crippen LogP) is 1.52. The summed E-state index contributed by atoms with van der Waals surface area (Å²) in [6, 6.07) is 1.67. The molecule has 1 aliphatic heterocycles. The summed E-state index contributed by atoms with van der Waals surface area (Å²) in [6.07, 6.45) is 3.29. The highest BCUT2D eigenvalue weighted by molar-refractivity contribution is 5.96. The lowest BCUT2D eigenvalue weighted by Gasteiger charge is -2.29. The van der Waals surface area contributed by atoms with Crippen molar-refractivity contribution < 1.29 is 9.72 Å². The number of nitro groups is 1. The fourth-order valence-corrected chi connectivity index (χ4v) is 2.81. The Hall–Kier alpha value is -1.73. The van der Waals surface area contributed by atoms with Crippen LogP contribution in [0.4, 0.5) is 5.69 Å². The molecule has 116 valence electrons. The number of aromatic nitrogens is 1. The van der Waals surface area contributed by atoms with Crippen LogP contribution in [0.2, 0.25) is 0 Å². The lowest BCUT2D eigenvalue weighted by molar-refractivity contribution is -0.384. The molecule has 21 heavy (non-hydrogen) atoms. The summed E-state index contributed by atoms with van der Waals surface area (Å²) in [5.74, 6) is -0.0916. The fourth-order valence-electron chi connectivity index (χ4n) is 2.81. The molecule has 1 atom stereocenters. The number of rotatable bonds is 5. The monoisotopic (exact) mass is 294 g/mol. The molecule has 7 nitrogen and oxygen atoms in total. The van der Waals surface area contributed by atoms with Crippen molar-refractivity contribution in [3.63, 3.8) is 0 Å². The van der Waals surface area contributed by atoms with E-state index in [4.69, 9.17) is 0 Å². The molecular weight excluding hydrogens is 272 g/mol. The number of nitrogens with one attached hydrogen (secondary N) is 1. The van der Waals surface area contributed by atoms with Gasteiger partial charge in [0.05, 0.1) is 23.4 Å². The third-order valence-electron chi connectivity index (χ3n) is 4.02. The fraction of sp³-hybridized carbons (Fsp3) is 0.643. The van der Waals surface area contributed by atoms with Gasteiger partial charge in [-0.15, -0.1) is 0 Å². The van der Waals surface area contributed by atoms with Crippen molar-refractivity contribution in [2.24, 2.45) is 0 Å². The molecular formula is C14H22N4O3. The van der Waals surface area contributed by atoms with Gasteiger partial charge in [-0.05, 0) is 26.4 Å². The standard InChI is InChI=1S/C14H22N4O3/c1-3-11-9-16(2)5-4-6-17(11)10-14(19)13-7-12(8-15-13)18(20)21/h7-8,11,15H,3-6,9-10H2,1-2H3. The van der Waals surface area contributed by atoms with E-state index in [0.717, 1.165) is 32.5 Å². The lowest BCUT2D eigenvalue weighted by atomic mass is 10.1. The van der Waals surface area contributed by atoms with Gasteiger partial charge in [-0.1, -0.05) is 6.92 Å². The van der Waals surface area contributed by atoms with E-state index in [1.165, 1.54) is 12.3 Å². The van der Waals surface area contributed by atoms with E-state index in [9.17, 15) is 14.9 Å². The Balaban J connectivity index is 2.04. The smallest absolute Gasteiger partial charge is 0.287 e. The van der Waals surface area contributed by atoms with E-state index in [0.29, 0.717) is 18.3 Å². The number of carbonyl (C=O) groups excluding carboxylic acids is 1. The molecule has 1 saturated heterocycles. The molecule has 1 aromatic heterocycles. The zero-order valence-corrected chi connectivity index (χ0v) is 12.5. The second-order valence-electron chi connectivity index (χ2n) is 5.60. The van der Waals surface area contributed by atoms with E-state index in [1.54, 1.807) is 0 Å². The maximum Gasteiger partial charge on any atom is 0.287 e. The molecule has 0 radical (unpaired) electrons. The summed E-state index contributed by atoms with van der Waals surface area (Å²) >= 11 is 0. The Morgan fingerprint density at radius 3 is 2.90 bits per heavy atom. The lowest BCUT2D eigenvalue weighted by Crippen LogP contribution is -2.42. The van der Waals surface area contributed by atoms with Crippen molar-refractivity contribution in [3.05, 3.63) is 28.1 Å². The number of aromatic amines is 1. The average Bonchev–Trinajstić information content (AvgIpc) is 2.87. The number of hydrogen-bond acceptors (Lipinski definition) is 5. The molecule has 0 spiro atoms. The van der Waals surface area contributed by atoms with Gasteiger partial charge in [-0.25, -0.2) is 0 Å². The van der Waals surface area contributed by atoms with Crippen molar-refractivity contribution in [1.82, 2.24) is 14.8 Å². The number of likely N-dealkylation sites (N-methyl/N-ethyl adjacent to an activating group) is 1. The van der Waals surface area contributed by atoms with Gasteiger partial charge in [-0.2, -0.15) is 0 Å². The van der Waals surface area contributed by atoms with Crippen LogP contribution in [0.3, 0.4) is 0 Å². The second kappa shape index (κ2) is 6.82. The van der Waals surface area contributed by atoms with E-state index in [-0.39, 0.29) is 11.5 Å². The van der Waals surface area contributed by atoms with Crippen LogP contribution in [0.15, 0.2) is 12.3 Å². The van der Waals surface area contributed by atoms with E-state index < -0.39 is 4.92 Å². The van der Waals surface area contributed by atoms with Gasteiger partial charge < -0.3 is 9.88 Å². The Morgan fingerprint density at radius 2 is 2.29 bits per heavy atom. The number of ketones is 1. The predicted molar refractivity (Wildman–Crippen MR) is 79.5 cm³/mol. The second-order valence-corrected chi connectivity index (χ2v) is 5.60. The molecule has 0 aromatic carbocycles. The summed E-state index contributed by atoms with van der Waals surface area (Å²) in [6.45, 7) is 5.31. The van der Waals surface area contributed by atoms with Gasteiger partial charge in [0.2, 0.25) is 0 Å². The number of carbonyl (C=O) groups is 1. The van der Waals surface area contributed by atoms with Crippen LogP contribution in [0.5, 0.6) is 0 Å². The first kappa shape index (κ1) is 15.7. The first-order valence-corrected chi connectivity index (χ1v) is 7.30. The Kier molecular flexibility index (Phi) is 5.08. The number of Topliss-reactive ketones (excluding diaryl/α,β-unsaturated/α-hetero) is 1. The summed E-state index contributed by atoms with van der Waals surface area (Å²) in [7, 11) is 2.10. The van der Waals surface area contributed by atoms with Gasteiger partial charge in [0.15, 0.2) is 5.78 Å². The maximum atomic E-state index is 12.3. The van der Waals surface area contributed by atoms with E-state index in [1.807, 2.05) is 0 Å². The minimum Gasteiger partial charge on any atom is -0.353 e. The molecule has 2 rings (SSSR count). The first-order valence-electron chi connectivity index (χ1n) is 7.30. The largest absolute Gasteiger partial charge is 0.353 e. The molecule has 2 heterocycles. The third-order valence-corrected chi connectivity index (χ3v) is 4.02. The zero-order valence-electron chi connectivity index (χ0n) is 12.5. The molecule has 1 fully saturated rings. The van der Waals surface area contributed by atoms with Crippen molar-refractivity contribution in [2.75, 3.05) is 33.2 Å². The van der Waals surface area contributed by atoms with Gasteiger partial charge in [-0.3, -0.25) is 19.8 Å². The molecule has 0 aliphatic carbocycles. The Bertz CT molecular complexity index is 514. The molecule has 0 saturated carbocycles. The quantitative estimate of drug-likeness (QED) is 0.506. The molecule has 7 heteroatoms. The average molecular weight is 294 g/mol. The van der Waals surface area contributed by atoms with Crippen LogP contribution in [-0.4, -0.2) is 64.8 Å². The van der Waals surface area contributed by atoms with Crippen molar-refractivity contribution in [3.8, 4) is 0 Å². The van der Waals surface area contributed by atoms with E-state index >= 15 is 0 Å². The number of nitrogens with zero attached hydrogens (tertiary/aromatic N) is 3. The highest BCUT2D eigenvalue weighted by Gasteiger charge is 2.25. The highest BCUT2D eigenvalue weighted by Crippen LogP contribution is 2.16. The first-order chi connectivity index (χ1) is 10.0. The molecule has 1 unspecified atom stereocenters. The highest BCUT2D eigenvalue weighted by atomic mass is 16.6. The van der Waals surface area contributed by atoms with Crippen molar-refractivity contribution in [1.29, 1.82) is 0 Å². The van der Waals surface area contributed by atoms with Gasteiger partial charge in [0.25, 0.3) is 5.69 Å². The van der Waals surface area contributed by atoms with Crippen molar-refractivity contribution in [2.45, 2.75) is 25.8 Å². The molecule has 0 bridgehead atoms. The van der Waals surface area contributed by atoms with Crippen LogP contribution in [0.25, 0.3) is 0 Å². The zero-order chi connectivity index (χ0) is 15.4. The Labute approximate surface area is 124 Å². The topological polar surface area (TPSA) is 82.5 Å². The van der Waals surface area contributed by atoms with Gasteiger partial charge in [0, 0.05) is 25.2 Å². The number of hydrogen-bond donors (Lipinski definition) is 1.